The van der Waals surface area contributed by atoms with E-state index in [2.05, 4.69) is 12.2 Å². The van der Waals surface area contributed by atoms with E-state index in [1.54, 1.807) is 0 Å². The van der Waals surface area contributed by atoms with Gasteiger partial charge in [0.05, 0.1) is 0 Å². The molecule has 172 valence electrons. The fourth-order valence-corrected chi connectivity index (χ4v) is 3.45. The number of carbonyl (C=O) groups is 3. The van der Waals surface area contributed by atoms with E-state index >= 15 is 0 Å². The summed E-state index contributed by atoms with van der Waals surface area (Å²) in [4.78, 5) is 33.4. The molecule has 6 nitrogen and oxygen atoms in total. The molecular formula is C23H44LiNO5. The molecule has 0 saturated heterocycles. The Bertz CT molecular complexity index is 445. The molecule has 1 atom stereocenters. The van der Waals surface area contributed by atoms with Crippen molar-refractivity contribution in [3.05, 3.63) is 0 Å². The van der Waals surface area contributed by atoms with Gasteiger partial charge in [-0.05, 0) is 12.8 Å². The molecular weight excluding hydrogens is 377 g/mol. The van der Waals surface area contributed by atoms with Crippen molar-refractivity contribution in [3.63, 3.8) is 0 Å². The molecule has 0 radical (unpaired) electrons. The molecule has 7 heteroatoms. The summed E-state index contributed by atoms with van der Waals surface area (Å²) in [6, 6.07) is -1.12. The van der Waals surface area contributed by atoms with Gasteiger partial charge in [0.1, 0.15) is 6.04 Å². The SMILES string of the molecule is CCCCCCCCCCCCCCCCCC(=O)NC(CCC(=O)O)C(=O)O.[LiH]. The zero-order chi connectivity index (χ0) is 21.7. The topological polar surface area (TPSA) is 104 Å². The van der Waals surface area contributed by atoms with Crippen LogP contribution in [0, 0.1) is 0 Å². The Morgan fingerprint density at radius 2 is 1.07 bits per heavy atom. The summed E-state index contributed by atoms with van der Waals surface area (Å²) in [6.07, 6.45) is 18.8. The second-order valence-corrected chi connectivity index (χ2v) is 8.09. The Balaban J connectivity index is 0. The van der Waals surface area contributed by atoms with Crippen molar-refractivity contribution in [1.82, 2.24) is 5.32 Å². The molecule has 0 saturated carbocycles. The van der Waals surface area contributed by atoms with E-state index in [0.29, 0.717) is 6.42 Å². The average molecular weight is 422 g/mol. The fourth-order valence-electron chi connectivity index (χ4n) is 3.45. The number of carbonyl (C=O) groups excluding carboxylic acids is 1. The molecule has 0 rings (SSSR count). The quantitative estimate of drug-likeness (QED) is 0.178. The molecule has 0 aliphatic carbocycles. The maximum absolute atomic E-state index is 11.8. The first kappa shape index (κ1) is 31.2. The maximum atomic E-state index is 11.8. The van der Waals surface area contributed by atoms with Gasteiger partial charge in [-0.1, -0.05) is 96.8 Å². The minimum absolute atomic E-state index is 0. The van der Waals surface area contributed by atoms with Crippen LogP contribution in [0.1, 0.15) is 122 Å². The van der Waals surface area contributed by atoms with Gasteiger partial charge in [0, 0.05) is 12.8 Å². The minimum atomic E-state index is -1.18. The van der Waals surface area contributed by atoms with Crippen molar-refractivity contribution in [2.75, 3.05) is 0 Å². The molecule has 1 amide bonds. The number of hydrogen-bond donors (Lipinski definition) is 3. The fraction of sp³-hybridized carbons (Fsp3) is 0.870. The van der Waals surface area contributed by atoms with E-state index in [9.17, 15) is 14.4 Å². The Labute approximate surface area is 195 Å². The summed E-state index contributed by atoms with van der Waals surface area (Å²) in [5.74, 6) is -2.55. The van der Waals surface area contributed by atoms with Gasteiger partial charge in [-0.25, -0.2) is 4.79 Å². The first-order valence-corrected chi connectivity index (χ1v) is 11.7. The number of amides is 1. The second-order valence-electron chi connectivity index (χ2n) is 8.09. The summed E-state index contributed by atoms with van der Waals surface area (Å²) < 4.78 is 0. The summed E-state index contributed by atoms with van der Waals surface area (Å²) in [5.41, 5.74) is 0. The van der Waals surface area contributed by atoms with Crippen LogP contribution in [0.2, 0.25) is 0 Å². The molecule has 0 spiro atoms. The Morgan fingerprint density at radius 3 is 1.43 bits per heavy atom. The van der Waals surface area contributed by atoms with E-state index in [1.807, 2.05) is 0 Å². The van der Waals surface area contributed by atoms with Crippen LogP contribution in [0.15, 0.2) is 0 Å². The van der Waals surface area contributed by atoms with Crippen molar-refractivity contribution < 1.29 is 24.6 Å². The molecule has 1 unspecified atom stereocenters. The molecule has 30 heavy (non-hydrogen) atoms. The number of carboxylic acid groups (broad SMARTS) is 2. The first-order valence-electron chi connectivity index (χ1n) is 11.7. The van der Waals surface area contributed by atoms with E-state index in [-0.39, 0.29) is 37.6 Å². The summed E-state index contributed by atoms with van der Waals surface area (Å²) >= 11 is 0. The average Bonchev–Trinajstić information content (AvgIpc) is 2.67. The molecule has 0 aliphatic heterocycles. The Morgan fingerprint density at radius 1 is 0.667 bits per heavy atom. The normalized spacial score (nSPS) is 11.5. The van der Waals surface area contributed by atoms with Crippen molar-refractivity contribution >= 4 is 36.7 Å². The van der Waals surface area contributed by atoms with Crippen LogP contribution in [0.25, 0.3) is 0 Å². The Hall–Kier alpha value is -0.993. The van der Waals surface area contributed by atoms with Crippen LogP contribution >= 0.6 is 0 Å². The van der Waals surface area contributed by atoms with Crippen molar-refractivity contribution in [2.24, 2.45) is 0 Å². The van der Waals surface area contributed by atoms with Gasteiger partial charge < -0.3 is 15.5 Å². The molecule has 0 aromatic heterocycles. The zero-order valence-electron chi connectivity index (χ0n) is 18.4. The van der Waals surface area contributed by atoms with Gasteiger partial charge in [0.15, 0.2) is 0 Å². The van der Waals surface area contributed by atoms with Crippen molar-refractivity contribution in [1.29, 1.82) is 0 Å². The third-order valence-corrected chi connectivity index (χ3v) is 5.29. The third-order valence-electron chi connectivity index (χ3n) is 5.29. The number of hydrogen-bond acceptors (Lipinski definition) is 3. The molecule has 3 N–H and O–H groups in total. The van der Waals surface area contributed by atoms with Gasteiger partial charge in [0.25, 0.3) is 0 Å². The molecule has 0 fully saturated rings. The third kappa shape index (κ3) is 21.7. The van der Waals surface area contributed by atoms with Gasteiger partial charge in [0.2, 0.25) is 5.91 Å². The number of carboxylic acids is 2. The van der Waals surface area contributed by atoms with E-state index in [0.717, 1.165) is 19.3 Å². The number of rotatable bonds is 21. The van der Waals surface area contributed by atoms with Crippen LogP contribution in [-0.4, -0.2) is 53.0 Å². The summed E-state index contributed by atoms with van der Waals surface area (Å²) in [7, 11) is 0. The molecule has 0 heterocycles. The molecule has 0 bridgehead atoms. The predicted molar refractivity (Wildman–Crippen MR) is 123 cm³/mol. The predicted octanol–water partition coefficient (Wildman–Crippen LogP) is 5.03. The van der Waals surface area contributed by atoms with Crippen LogP contribution in [0.5, 0.6) is 0 Å². The van der Waals surface area contributed by atoms with Gasteiger partial charge in [-0.15, -0.1) is 0 Å². The molecule has 0 aromatic carbocycles. The molecule has 0 aromatic rings. The first-order chi connectivity index (χ1) is 14.0. The van der Waals surface area contributed by atoms with Crippen LogP contribution in [0.4, 0.5) is 0 Å². The van der Waals surface area contributed by atoms with Gasteiger partial charge >= 0.3 is 30.8 Å². The zero-order valence-corrected chi connectivity index (χ0v) is 18.4. The van der Waals surface area contributed by atoms with Crippen molar-refractivity contribution in [3.8, 4) is 0 Å². The van der Waals surface area contributed by atoms with Crippen molar-refractivity contribution in [2.45, 2.75) is 129 Å². The summed E-state index contributed by atoms with van der Waals surface area (Å²) in [6.45, 7) is 2.25. The number of aliphatic carboxylic acids is 2. The summed E-state index contributed by atoms with van der Waals surface area (Å²) in [5, 5.41) is 20.1. The number of unbranched alkanes of at least 4 members (excludes halogenated alkanes) is 14. The van der Waals surface area contributed by atoms with E-state index < -0.39 is 18.0 Å². The van der Waals surface area contributed by atoms with Crippen LogP contribution in [0.3, 0.4) is 0 Å². The Kier molecular flexibility index (Phi) is 23.6. The van der Waals surface area contributed by atoms with E-state index in [4.69, 9.17) is 10.2 Å². The second kappa shape index (κ2) is 22.7. The van der Waals surface area contributed by atoms with E-state index in [1.165, 1.54) is 77.0 Å². The van der Waals surface area contributed by atoms with Gasteiger partial charge in [-0.3, -0.25) is 9.59 Å². The number of nitrogens with one attached hydrogen (secondary N) is 1. The van der Waals surface area contributed by atoms with Gasteiger partial charge in [-0.2, -0.15) is 0 Å². The standard InChI is InChI=1S/C23H43NO5.Li.H/c1-2-3-4-5-6-7-8-9-10-11-12-13-14-15-16-17-21(25)24-20(23(28)29)18-19-22(26)27;;/h20H,2-19H2,1H3,(H,24,25)(H,26,27)(H,28,29);;. The van der Waals surface area contributed by atoms with Crippen LogP contribution < -0.4 is 5.32 Å². The molecule has 0 aliphatic rings. The monoisotopic (exact) mass is 421 g/mol. The van der Waals surface area contributed by atoms with Crippen LogP contribution in [-0.2, 0) is 14.4 Å².